The van der Waals surface area contributed by atoms with Crippen molar-refractivity contribution < 1.29 is 4.21 Å². The van der Waals surface area contributed by atoms with Crippen LogP contribution in [0.1, 0.15) is 36.8 Å². The van der Waals surface area contributed by atoms with Crippen LogP contribution in [0.4, 0.5) is 11.4 Å². The Morgan fingerprint density at radius 3 is 2.50 bits per heavy atom. The summed E-state index contributed by atoms with van der Waals surface area (Å²) in [5.74, 6) is 0. The van der Waals surface area contributed by atoms with Crippen LogP contribution in [-0.4, -0.2) is 35.3 Å². The minimum atomic E-state index is -1.09. The van der Waals surface area contributed by atoms with Gasteiger partial charge in [-0.1, -0.05) is 24.6 Å². The van der Waals surface area contributed by atoms with Gasteiger partial charge in [-0.3, -0.25) is 0 Å². The molecule has 1 atom stereocenters. The molecule has 4 rings (SSSR count). The van der Waals surface area contributed by atoms with E-state index < -0.39 is 10.8 Å². The molecule has 4 heteroatoms. The third kappa shape index (κ3) is 3.21. The highest BCUT2D eigenvalue weighted by Crippen LogP contribution is 2.44. The van der Waals surface area contributed by atoms with Gasteiger partial charge in [0.15, 0.2) is 0 Å². The van der Waals surface area contributed by atoms with Gasteiger partial charge >= 0.3 is 0 Å². The van der Waals surface area contributed by atoms with E-state index >= 15 is 0 Å². The van der Waals surface area contributed by atoms with E-state index in [0.717, 1.165) is 35.0 Å². The first kappa shape index (κ1) is 17.7. The molecule has 2 aromatic rings. The molecule has 2 aromatic carbocycles. The molecule has 2 aliphatic rings. The summed E-state index contributed by atoms with van der Waals surface area (Å²) >= 11 is 0. The normalized spacial score (nSPS) is 19.9. The molecule has 0 amide bonds. The maximum atomic E-state index is 13.1. The van der Waals surface area contributed by atoms with E-state index in [1.54, 1.807) is 0 Å². The molecule has 0 saturated carbocycles. The summed E-state index contributed by atoms with van der Waals surface area (Å²) in [6.45, 7) is 8.93. The quantitative estimate of drug-likeness (QED) is 0.775. The minimum absolute atomic E-state index is 0.946. The average Bonchev–Trinajstić information content (AvgIpc) is 2.68. The number of likely N-dealkylation sites (tertiary alicyclic amines) is 1. The van der Waals surface area contributed by atoms with Gasteiger partial charge in [-0.15, -0.1) is 0 Å². The second-order valence-electron chi connectivity index (χ2n) is 7.50. The maximum Gasteiger partial charge on any atom is 0.0892 e. The number of hydrogen-bond donors (Lipinski definition) is 0. The number of piperidine rings is 1. The second kappa shape index (κ2) is 7.53. The monoisotopic (exact) mass is 368 g/mol. The highest BCUT2D eigenvalue weighted by atomic mass is 32.2. The first-order chi connectivity index (χ1) is 12.7. The van der Waals surface area contributed by atoms with E-state index in [4.69, 9.17) is 0 Å². The molecule has 138 valence electrons. The Morgan fingerprint density at radius 2 is 1.69 bits per heavy atom. The fraction of sp³-hybridized carbons (Fsp3) is 0.455. The van der Waals surface area contributed by atoms with Crippen molar-refractivity contribution >= 4 is 22.2 Å². The number of para-hydroxylation sites is 1. The van der Waals surface area contributed by atoms with Crippen LogP contribution in [-0.2, 0) is 10.8 Å². The standard InChI is InChI=1S/C22H28N2OS/c1-17-11-12-21-22(18(17)2)24(16-8-15-23-13-6-3-7-14-23)19-9-4-5-10-20(19)26(21)25/h4-5,9-12H,3,6-8,13-16H2,1-2H3. The molecule has 0 aromatic heterocycles. The number of anilines is 2. The molecule has 3 nitrogen and oxygen atoms in total. The van der Waals surface area contributed by atoms with Gasteiger partial charge < -0.3 is 9.80 Å². The van der Waals surface area contributed by atoms with Crippen LogP contribution in [0.5, 0.6) is 0 Å². The van der Waals surface area contributed by atoms with Crippen LogP contribution in [0.25, 0.3) is 0 Å². The highest BCUT2D eigenvalue weighted by molar-refractivity contribution is 7.85. The molecule has 26 heavy (non-hydrogen) atoms. The number of nitrogens with zero attached hydrogens (tertiary/aromatic N) is 2. The van der Waals surface area contributed by atoms with Gasteiger partial charge in [0.05, 0.1) is 32.0 Å². The van der Waals surface area contributed by atoms with E-state index in [9.17, 15) is 4.21 Å². The van der Waals surface area contributed by atoms with Crippen molar-refractivity contribution in [1.82, 2.24) is 4.90 Å². The zero-order chi connectivity index (χ0) is 18.1. The second-order valence-corrected chi connectivity index (χ2v) is 8.92. The van der Waals surface area contributed by atoms with Crippen LogP contribution < -0.4 is 4.90 Å². The molecular formula is C22H28N2OS. The van der Waals surface area contributed by atoms with Gasteiger partial charge in [-0.25, -0.2) is 4.21 Å². The fourth-order valence-corrected chi connectivity index (χ4v) is 5.64. The predicted octanol–water partition coefficient (Wildman–Crippen LogP) is 4.80. The van der Waals surface area contributed by atoms with E-state index in [2.05, 4.69) is 47.9 Å². The van der Waals surface area contributed by atoms with E-state index in [-0.39, 0.29) is 0 Å². The molecule has 0 spiro atoms. The van der Waals surface area contributed by atoms with Crippen LogP contribution in [0.2, 0.25) is 0 Å². The first-order valence-corrected chi connectivity index (χ1v) is 10.9. The summed E-state index contributed by atoms with van der Waals surface area (Å²) in [6, 6.07) is 12.4. The number of aryl methyl sites for hydroxylation is 1. The molecule has 0 aliphatic carbocycles. The number of hydrogen-bond acceptors (Lipinski definition) is 3. The number of fused-ring (bicyclic) bond motifs is 2. The van der Waals surface area contributed by atoms with Gasteiger partial charge in [-0.2, -0.15) is 0 Å². The maximum absolute atomic E-state index is 13.1. The smallest absolute Gasteiger partial charge is 0.0892 e. The topological polar surface area (TPSA) is 23.6 Å². The van der Waals surface area contributed by atoms with Crippen LogP contribution in [0.3, 0.4) is 0 Å². The Morgan fingerprint density at radius 1 is 0.923 bits per heavy atom. The van der Waals surface area contributed by atoms with Crippen molar-refractivity contribution in [3.8, 4) is 0 Å². The van der Waals surface area contributed by atoms with Crippen molar-refractivity contribution in [3.63, 3.8) is 0 Å². The first-order valence-electron chi connectivity index (χ1n) is 9.78. The third-order valence-electron chi connectivity index (χ3n) is 5.79. The van der Waals surface area contributed by atoms with Crippen molar-refractivity contribution in [2.75, 3.05) is 31.1 Å². The summed E-state index contributed by atoms with van der Waals surface area (Å²) in [6.07, 6.45) is 5.20. The van der Waals surface area contributed by atoms with Crippen molar-refractivity contribution in [2.24, 2.45) is 0 Å². The lowest BCUT2D eigenvalue weighted by Crippen LogP contribution is -2.33. The van der Waals surface area contributed by atoms with E-state index in [0.29, 0.717) is 0 Å². The van der Waals surface area contributed by atoms with Crippen molar-refractivity contribution in [2.45, 2.75) is 49.3 Å². The molecule has 1 unspecified atom stereocenters. The summed E-state index contributed by atoms with van der Waals surface area (Å²) in [5, 5.41) is 0. The molecule has 2 heterocycles. The largest absolute Gasteiger partial charge is 0.339 e. The van der Waals surface area contributed by atoms with E-state index in [1.165, 1.54) is 49.2 Å². The molecule has 2 aliphatic heterocycles. The summed E-state index contributed by atoms with van der Waals surface area (Å²) < 4.78 is 13.1. The van der Waals surface area contributed by atoms with Crippen molar-refractivity contribution in [1.29, 1.82) is 0 Å². The minimum Gasteiger partial charge on any atom is -0.339 e. The number of rotatable bonds is 4. The van der Waals surface area contributed by atoms with Gasteiger partial charge in [0.1, 0.15) is 0 Å². The molecule has 1 saturated heterocycles. The summed E-state index contributed by atoms with van der Waals surface area (Å²) in [7, 11) is -1.09. The Kier molecular flexibility index (Phi) is 5.14. The van der Waals surface area contributed by atoms with Gasteiger partial charge in [0.25, 0.3) is 0 Å². The van der Waals surface area contributed by atoms with Gasteiger partial charge in [0, 0.05) is 6.54 Å². The third-order valence-corrected chi connectivity index (χ3v) is 7.27. The van der Waals surface area contributed by atoms with Gasteiger partial charge in [0.2, 0.25) is 0 Å². The zero-order valence-electron chi connectivity index (χ0n) is 15.8. The lowest BCUT2D eigenvalue weighted by atomic mass is 10.1. The number of benzene rings is 2. The summed E-state index contributed by atoms with van der Waals surface area (Å²) in [4.78, 5) is 6.92. The lowest BCUT2D eigenvalue weighted by molar-refractivity contribution is 0.227. The van der Waals surface area contributed by atoms with Crippen molar-refractivity contribution in [3.05, 3.63) is 47.5 Å². The van der Waals surface area contributed by atoms with Crippen LogP contribution in [0, 0.1) is 13.8 Å². The molecule has 0 bridgehead atoms. The Balaban J connectivity index is 1.64. The lowest BCUT2D eigenvalue weighted by Gasteiger charge is -2.35. The fourth-order valence-electron chi connectivity index (χ4n) is 4.20. The predicted molar refractivity (Wildman–Crippen MR) is 109 cm³/mol. The molecular weight excluding hydrogens is 340 g/mol. The average molecular weight is 369 g/mol. The molecule has 0 N–H and O–H groups in total. The Bertz CT molecular complexity index is 827. The molecule has 0 radical (unpaired) electrons. The van der Waals surface area contributed by atoms with Crippen LogP contribution >= 0.6 is 0 Å². The SMILES string of the molecule is Cc1ccc2c(c1C)N(CCCN1CCCCC1)c1ccccc1S2=O. The summed E-state index contributed by atoms with van der Waals surface area (Å²) in [5.41, 5.74) is 4.80. The van der Waals surface area contributed by atoms with Gasteiger partial charge in [-0.05, 0) is 82.1 Å². The highest BCUT2D eigenvalue weighted by Gasteiger charge is 2.29. The van der Waals surface area contributed by atoms with E-state index in [1.807, 2.05) is 12.1 Å². The Labute approximate surface area is 159 Å². The van der Waals surface area contributed by atoms with Crippen LogP contribution in [0.15, 0.2) is 46.2 Å². The zero-order valence-corrected chi connectivity index (χ0v) is 16.6. The Hall–Kier alpha value is -1.65. The molecule has 1 fully saturated rings.